The van der Waals surface area contributed by atoms with Gasteiger partial charge >= 0.3 is 0 Å². The minimum absolute atomic E-state index is 0.288. The molecule has 3 heteroatoms. The Bertz CT molecular complexity index is 418. The lowest BCUT2D eigenvalue weighted by Gasteiger charge is -2.24. The second-order valence-electron chi connectivity index (χ2n) is 5.40. The van der Waals surface area contributed by atoms with Gasteiger partial charge in [-0.15, -0.1) is 0 Å². The Hall–Kier alpha value is -1.06. The maximum Gasteiger partial charge on any atom is 0.119 e. The van der Waals surface area contributed by atoms with E-state index in [0.717, 1.165) is 24.2 Å². The number of aliphatic hydroxyl groups is 1. The molecule has 3 rings (SSSR count). The number of rotatable bonds is 4. The zero-order valence-electron chi connectivity index (χ0n) is 10.7. The first-order valence-corrected chi connectivity index (χ1v) is 6.72. The molecule has 2 aliphatic rings. The molecule has 0 saturated carbocycles. The average Bonchev–Trinajstić information content (AvgIpc) is 3.01. The molecule has 4 atom stereocenters. The van der Waals surface area contributed by atoms with E-state index in [4.69, 9.17) is 9.47 Å². The van der Waals surface area contributed by atoms with Crippen LogP contribution < -0.4 is 4.74 Å². The van der Waals surface area contributed by atoms with Crippen molar-refractivity contribution in [2.45, 2.75) is 44.0 Å². The van der Waals surface area contributed by atoms with Crippen LogP contribution in [0.3, 0.4) is 0 Å². The van der Waals surface area contributed by atoms with Crippen molar-refractivity contribution >= 4 is 0 Å². The van der Waals surface area contributed by atoms with Crippen molar-refractivity contribution < 1.29 is 14.6 Å². The van der Waals surface area contributed by atoms with Crippen LogP contribution in [0.5, 0.6) is 5.75 Å². The first kappa shape index (κ1) is 12.0. The summed E-state index contributed by atoms with van der Waals surface area (Å²) in [5.41, 5.74) is 1.13. The van der Waals surface area contributed by atoms with Gasteiger partial charge in [0, 0.05) is 5.92 Å². The van der Waals surface area contributed by atoms with Gasteiger partial charge in [0.05, 0.1) is 25.4 Å². The predicted octanol–water partition coefficient (Wildman–Crippen LogP) is 2.17. The molecule has 2 saturated heterocycles. The Morgan fingerprint density at radius 3 is 3.00 bits per heavy atom. The van der Waals surface area contributed by atoms with Crippen molar-refractivity contribution in [1.82, 2.24) is 0 Å². The lowest BCUT2D eigenvalue weighted by atomic mass is 9.83. The van der Waals surface area contributed by atoms with E-state index >= 15 is 0 Å². The summed E-state index contributed by atoms with van der Waals surface area (Å²) in [6, 6.07) is 7.94. The molecule has 98 valence electrons. The third-order valence-electron chi connectivity index (χ3n) is 4.23. The Kier molecular flexibility index (Phi) is 3.27. The van der Waals surface area contributed by atoms with Crippen LogP contribution in [0.25, 0.3) is 0 Å². The minimum Gasteiger partial charge on any atom is -0.497 e. The van der Waals surface area contributed by atoms with E-state index in [-0.39, 0.29) is 12.2 Å². The van der Waals surface area contributed by atoms with E-state index in [2.05, 4.69) is 0 Å². The summed E-state index contributed by atoms with van der Waals surface area (Å²) in [5, 5.41) is 10.4. The monoisotopic (exact) mass is 248 g/mol. The zero-order valence-corrected chi connectivity index (χ0v) is 10.7. The Morgan fingerprint density at radius 2 is 2.33 bits per heavy atom. The summed E-state index contributed by atoms with van der Waals surface area (Å²) in [6.45, 7) is 0. The fraction of sp³-hybridized carbons (Fsp3) is 0.600. The zero-order chi connectivity index (χ0) is 12.5. The second-order valence-corrected chi connectivity index (χ2v) is 5.40. The van der Waals surface area contributed by atoms with E-state index < -0.39 is 0 Å². The van der Waals surface area contributed by atoms with Crippen LogP contribution in [0.1, 0.15) is 24.8 Å². The molecule has 0 radical (unpaired) electrons. The van der Waals surface area contributed by atoms with Gasteiger partial charge in [0.2, 0.25) is 0 Å². The van der Waals surface area contributed by atoms with Crippen LogP contribution in [0.15, 0.2) is 24.3 Å². The average molecular weight is 248 g/mol. The largest absolute Gasteiger partial charge is 0.497 e. The number of benzene rings is 1. The fourth-order valence-corrected chi connectivity index (χ4v) is 3.27. The molecule has 1 aromatic rings. The molecule has 1 aromatic carbocycles. The highest BCUT2D eigenvalue weighted by Gasteiger charge is 2.43. The number of fused-ring (bicyclic) bond motifs is 2. The van der Waals surface area contributed by atoms with E-state index in [1.54, 1.807) is 7.11 Å². The molecule has 0 aromatic heterocycles. The van der Waals surface area contributed by atoms with E-state index in [0.29, 0.717) is 18.4 Å². The van der Waals surface area contributed by atoms with Crippen LogP contribution in [-0.4, -0.2) is 30.5 Å². The van der Waals surface area contributed by atoms with E-state index in [9.17, 15) is 5.11 Å². The molecule has 3 nitrogen and oxygen atoms in total. The highest BCUT2D eigenvalue weighted by Crippen LogP contribution is 2.41. The number of aliphatic hydroxyl groups excluding tert-OH is 1. The molecule has 4 unspecified atom stereocenters. The maximum absolute atomic E-state index is 10.4. The van der Waals surface area contributed by atoms with Gasteiger partial charge in [-0.1, -0.05) is 12.1 Å². The van der Waals surface area contributed by atoms with E-state index in [1.807, 2.05) is 24.3 Å². The molecule has 2 bridgehead atoms. The van der Waals surface area contributed by atoms with Crippen molar-refractivity contribution in [3.05, 3.63) is 29.8 Å². The Balaban J connectivity index is 1.65. The first-order valence-electron chi connectivity index (χ1n) is 6.72. The maximum atomic E-state index is 10.4. The van der Waals surface area contributed by atoms with Gasteiger partial charge in [-0.3, -0.25) is 0 Å². The highest BCUT2D eigenvalue weighted by molar-refractivity contribution is 5.29. The summed E-state index contributed by atoms with van der Waals surface area (Å²) in [6.07, 6.45) is 4.39. The van der Waals surface area contributed by atoms with Crippen molar-refractivity contribution in [2.24, 2.45) is 5.92 Å². The van der Waals surface area contributed by atoms with Gasteiger partial charge in [-0.05, 0) is 43.4 Å². The van der Waals surface area contributed by atoms with Gasteiger partial charge in [0.25, 0.3) is 0 Å². The Morgan fingerprint density at radius 1 is 1.44 bits per heavy atom. The molecule has 2 aliphatic heterocycles. The molecular formula is C15H20O3. The molecule has 2 fully saturated rings. The van der Waals surface area contributed by atoms with Crippen molar-refractivity contribution in [1.29, 1.82) is 0 Å². The van der Waals surface area contributed by atoms with Crippen molar-refractivity contribution in [3.63, 3.8) is 0 Å². The summed E-state index contributed by atoms with van der Waals surface area (Å²) >= 11 is 0. The molecule has 18 heavy (non-hydrogen) atoms. The molecule has 0 spiro atoms. The van der Waals surface area contributed by atoms with Crippen LogP contribution in [0.4, 0.5) is 0 Å². The fourth-order valence-electron chi connectivity index (χ4n) is 3.27. The molecule has 0 amide bonds. The molecule has 1 N–H and O–H groups in total. The smallest absolute Gasteiger partial charge is 0.119 e. The van der Waals surface area contributed by atoms with Crippen LogP contribution in [0.2, 0.25) is 0 Å². The quantitative estimate of drug-likeness (QED) is 0.887. The third kappa shape index (κ3) is 2.25. The lowest BCUT2D eigenvalue weighted by molar-refractivity contribution is 0.0431. The second kappa shape index (κ2) is 4.90. The van der Waals surface area contributed by atoms with Crippen LogP contribution >= 0.6 is 0 Å². The molecule has 2 heterocycles. The van der Waals surface area contributed by atoms with Crippen LogP contribution in [0, 0.1) is 5.92 Å². The van der Waals surface area contributed by atoms with Crippen LogP contribution in [-0.2, 0) is 11.2 Å². The summed E-state index contributed by atoms with van der Waals surface area (Å²) in [4.78, 5) is 0. The Labute approximate surface area is 108 Å². The summed E-state index contributed by atoms with van der Waals surface area (Å²) < 4.78 is 11.0. The van der Waals surface area contributed by atoms with Gasteiger partial charge < -0.3 is 14.6 Å². The van der Waals surface area contributed by atoms with E-state index in [1.165, 1.54) is 6.42 Å². The van der Waals surface area contributed by atoms with Gasteiger partial charge in [0.1, 0.15) is 5.75 Å². The standard InChI is InChI=1S/C15H20O3/c1-17-11-4-2-3-10(7-11)8-14(16)13-9-12-5-6-15(13)18-12/h2-4,7,12-16H,5-6,8-9H2,1H3. The lowest BCUT2D eigenvalue weighted by Crippen LogP contribution is -2.30. The number of ether oxygens (including phenoxy) is 2. The van der Waals surface area contributed by atoms with Crippen molar-refractivity contribution in [3.8, 4) is 5.75 Å². The highest BCUT2D eigenvalue weighted by atomic mass is 16.5. The number of methoxy groups -OCH3 is 1. The van der Waals surface area contributed by atoms with Gasteiger partial charge in [0.15, 0.2) is 0 Å². The first-order chi connectivity index (χ1) is 8.76. The molecule has 0 aliphatic carbocycles. The SMILES string of the molecule is COc1cccc(CC(O)C2CC3CCC2O3)c1. The predicted molar refractivity (Wildman–Crippen MR) is 68.7 cm³/mol. The minimum atomic E-state index is -0.299. The number of hydrogen-bond acceptors (Lipinski definition) is 3. The van der Waals surface area contributed by atoms with Crippen molar-refractivity contribution in [2.75, 3.05) is 7.11 Å². The van der Waals surface area contributed by atoms with Gasteiger partial charge in [-0.25, -0.2) is 0 Å². The molecular weight excluding hydrogens is 228 g/mol. The number of hydrogen-bond donors (Lipinski definition) is 1. The normalized spacial score (nSPS) is 31.6. The van der Waals surface area contributed by atoms with Gasteiger partial charge in [-0.2, -0.15) is 0 Å². The topological polar surface area (TPSA) is 38.7 Å². The summed E-state index contributed by atoms with van der Waals surface area (Å²) in [5.74, 6) is 1.17. The summed E-state index contributed by atoms with van der Waals surface area (Å²) in [7, 11) is 1.67. The third-order valence-corrected chi connectivity index (χ3v) is 4.23.